The van der Waals surface area contributed by atoms with E-state index in [1.165, 1.54) is 28.0 Å². The Morgan fingerprint density at radius 1 is 1.25 bits per heavy atom. The highest BCUT2D eigenvalue weighted by atomic mass is 16.6. The van der Waals surface area contributed by atoms with E-state index in [0.29, 0.717) is 30.5 Å². The summed E-state index contributed by atoms with van der Waals surface area (Å²) in [7, 11) is 3.24. The molecule has 0 radical (unpaired) electrons. The third-order valence-electron chi connectivity index (χ3n) is 4.56. The molecule has 10 heteroatoms. The number of hydrogen-bond donors (Lipinski definition) is 2. The Bertz CT molecular complexity index is 780. The van der Waals surface area contributed by atoms with Gasteiger partial charge < -0.3 is 20.4 Å². The summed E-state index contributed by atoms with van der Waals surface area (Å²) in [5, 5.41) is 16.3. The molecule has 1 saturated heterocycles. The number of aryl methyl sites for hydroxylation is 1. The van der Waals surface area contributed by atoms with Gasteiger partial charge in [0.05, 0.1) is 4.92 Å². The number of amides is 4. The number of likely N-dealkylation sites (tertiary alicyclic amines) is 1. The zero-order valence-corrected chi connectivity index (χ0v) is 16.2. The minimum Gasteiger partial charge on any atom is -0.353 e. The number of nitro groups is 1. The summed E-state index contributed by atoms with van der Waals surface area (Å²) in [5.74, 6) is -0.597. The Morgan fingerprint density at radius 3 is 2.54 bits per heavy atom. The molecule has 1 aliphatic heterocycles. The van der Waals surface area contributed by atoms with Crippen molar-refractivity contribution >= 4 is 23.5 Å². The number of nitrogens with one attached hydrogen (secondary N) is 2. The van der Waals surface area contributed by atoms with E-state index in [1.807, 2.05) is 0 Å². The Morgan fingerprint density at radius 2 is 1.93 bits per heavy atom. The average Bonchev–Trinajstić information content (AvgIpc) is 3.13. The third-order valence-corrected chi connectivity index (χ3v) is 4.56. The van der Waals surface area contributed by atoms with Crippen molar-refractivity contribution in [3.8, 4) is 0 Å². The van der Waals surface area contributed by atoms with Crippen LogP contribution in [0.1, 0.15) is 28.8 Å². The van der Waals surface area contributed by atoms with Crippen LogP contribution in [0.4, 0.5) is 10.5 Å². The Labute approximate surface area is 163 Å². The molecule has 0 spiro atoms. The largest absolute Gasteiger partial charge is 0.353 e. The Hall–Kier alpha value is -3.17. The summed E-state index contributed by atoms with van der Waals surface area (Å²) in [6.45, 7) is 2.56. The summed E-state index contributed by atoms with van der Waals surface area (Å²) in [6.07, 6.45) is 1.25. The predicted octanol–water partition coefficient (Wildman–Crippen LogP) is 0.895. The van der Waals surface area contributed by atoms with Crippen molar-refractivity contribution in [1.82, 2.24) is 20.4 Å². The number of nitrogens with zero attached hydrogens (tertiary/aromatic N) is 3. The van der Waals surface area contributed by atoms with E-state index in [4.69, 9.17) is 0 Å². The fourth-order valence-electron chi connectivity index (χ4n) is 3.07. The Balaban J connectivity index is 1.97. The van der Waals surface area contributed by atoms with Crippen LogP contribution in [0.3, 0.4) is 0 Å². The molecule has 0 aliphatic carbocycles. The van der Waals surface area contributed by atoms with Gasteiger partial charge in [0.25, 0.3) is 11.6 Å². The minimum atomic E-state index is -0.590. The zero-order chi connectivity index (χ0) is 20.8. The standard InChI is InChI=1S/C18H25N5O5/c1-12-11-13(6-7-14(12)23(27)28)17(25)22-10-4-5-15(22)16(24)19-8-9-20-18(26)21(2)3/h6-7,11,15H,4-5,8-10H2,1-3H3,(H,19,24)(H,20,26). The van der Waals surface area contributed by atoms with Crippen molar-refractivity contribution < 1.29 is 19.3 Å². The highest BCUT2D eigenvalue weighted by molar-refractivity contribution is 5.98. The van der Waals surface area contributed by atoms with E-state index in [9.17, 15) is 24.5 Å². The second-order valence-corrected chi connectivity index (χ2v) is 6.83. The predicted molar refractivity (Wildman–Crippen MR) is 102 cm³/mol. The molecule has 0 bridgehead atoms. The molecule has 0 saturated carbocycles. The molecule has 1 aromatic rings. The SMILES string of the molecule is Cc1cc(C(=O)N2CCCC2C(=O)NCCNC(=O)N(C)C)ccc1[N+](=O)[O-]. The lowest BCUT2D eigenvalue weighted by Crippen LogP contribution is -2.48. The van der Waals surface area contributed by atoms with Crippen LogP contribution in [-0.4, -0.2) is 72.3 Å². The van der Waals surface area contributed by atoms with Gasteiger partial charge in [-0.25, -0.2) is 4.79 Å². The van der Waals surface area contributed by atoms with Crippen LogP contribution in [0.15, 0.2) is 18.2 Å². The molecular weight excluding hydrogens is 366 g/mol. The fraction of sp³-hybridized carbons (Fsp3) is 0.500. The maximum atomic E-state index is 12.8. The monoisotopic (exact) mass is 391 g/mol. The van der Waals surface area contributed by atoms with Crippen molar-refractivity contribution in [3.63, 3.8) is 0 Å². The molecule has 10 nitrogen and oxygen atoms in total. The van der Waals surface area contributed by atoms with Crippen molar-refractivity contribution in [2.45, 2.75) is 25.8 Å². The van der Waals surface area contributed by atoms with Crippen LogP contribution in [-0.2, 0) is 4.79 Å². The quantitative estimate of drug-likeness (QED) is 0.423. The van der Waals surface area contributed by atoms with Gasteiger partial charge in [-0.3, -0.25) is 19.7 Å². The first kappa shape index (κ1) is 21.1. The van der Waals surface area contributed by atoms with E-state index in [2.05, 4.69) is 10.6 Å². The first-order chi connectivity index (χ1) is 13.2. The smallest absolute Gasteiger partial charge is 0.316 e. The minimum absolute atomic E-state index is 0.0490. The van der Waals surface area contributed by atoms with Crippen LogP contribution in [0.25, 0.3) is 0 Å². The zero-order valence-electron chi connectivity index (χ0n) is 16.2. The fourth-order valence-corrected chi connectivity index (χ4v) is 3.07. The highest BCUT2D eigenvalue weighted by Crippen LogP contribution is 2.23. The van der Waals surface area contributed by atoms with Gasteiger partial charge in [-0.2, -0.15) is 0 Å². The molecule has 1 unspecified atom stereocenters. The Kier molecular flexibility index (Phi) is 6.91. The molecular formula is C18H25N5O5. The molecule has 2 N–H and O–H groups in total. The molecule has 1 aliphatic rings. The van der Waals surface area contributed by atoms with Crippen molar-refractivity contribution in [2.24, 2.45) is 0 Å². The second kappa shape index (κ2) is 9.16. The molecule has 28 heavy (non-hydrogen) atoms. The van der Waals surface area contributed by atoms with E-state index in [0.717, 1.165) is 0 Å². The molecule has 1 aromatic carbocycles. The normalized spacial score (nSPS) is 15.8. The maximum absolute atomic E-state index is 12.8. The van der Waals surface area contributed by atoms with Crippen molar-refractivity contribution in [3.05, 3.63) is 39.4 Å². The molecule has 4 amide bonds. The number of benzene rings is 1. The molecule has 1 fully saturated rings. The summed E-state index contributed by atoms with van der Waals surface area (Å²) in [6, 6.07) is 3.36. The van der Waals surface area contributed by atoms with E-state index < -0.39 is 11.0 Å². The number of rotatable bonds is 6. The average molecular weight is 391 g/mol. The van der Waals surface area contributed by atoms with Gasteiger partial charge >= 0.3 is 6.03 Å². The van der Waals surface area contributed by atoms with Crippen LogP contribution >= 0.6 is 0 Å². The summed E-state index contributed by atoms with van der Waals surface area (Å²) >= 11 is 0. The number of hydrogen-bond acceptors (Lipinski definition) is 5. The van der Waals surface area contributed by atoms with E-state index in [1.54, 1.807) is 21.0 Å². The third kappa shape index (κ3) is 4.96. The van der Waals surface area contributed by atoms with Gasteiger partial charge in [0.2, 0.25) is 5.91 Å². The van der Waals surface area contributed by atoms with Gasteiger partial charge in [-0.15, -0.1) is 0 Å². The molecule has 152 valence electrons. The molecule has 1 atom stereocenters. The molecule has 0 aromatic heterocycles. The second-order valence-electron chi connectivity index (χ2n) is 6.83. The van der Waals surface area contributed by atoms with Gasteiger partial charge in [-0.05, 0) is 31.9 Å². The lowest BCUT2D eigenvalue weighted by molar-refractivity contribution is -0.385. The lowest BCUT2D eigenvalue weighted by Gasteiger charge is -2.24. The highest BCUT2D eigenvalue weighted by Gasteiger charge is 2.34. The number of carbonyl (C=O) groups is 3. The number of urea groups is 1. The first-order valence-corrected chi connectivity index (χ1v) is 9.01. The summed E-state index contributed by atoms with van der Waals surface area (Å²) < 4.78 is 0. The van der Waals surface area contributed by atoms with Crippen molar-refractivity contribution in [2.75, 3.05) is 33.7 Å². The number of nitro benzene ring substituents is 1. The van der Waals surface area contributed by atoms with Crippen LogP contribution < -0.4 is 10.6 Å². The van der Waals surface area contributed by atoms with Crippen molar-refractivity contribution in [1.29, 1.82) is 0 Å². The van der Waals surface area contributed by atoms with Crippen LogP contribution in [0, 0.1) is 17.0 Å². The van der Waals surface area contributed by atoms with Gasteiger partial charge in [0.1, 0.15) is 6.04 Å². The van der Waals surface area contributed by atoms with Gasteiger partial charge in [0.15, 0.2) is 0 Å². The topological polar surface area (TPSA) is 125 Å². The maximum Gasteiger partial charge on any atom is 0.316 e. The first-order valence-electron chi connectivity index (χ1n) is 9.01. The van der Waals surface area contributed by atoms with Gasteiger partial charge in [0, 0.05) is 50.9 Å². The van der Waals surface area contributed by atoms with Crippen LogP contribution in [0.2, 0.25) is 0 Å². The summed E-state index contributed by atoms with van der Waals surface area (Å²) in [4.78, 5) is 50.0. The summed E-state index contributed by atoms with van der Waals surface area (Å²) in [5.41, 5.74) is 0.667. The van der Waals surface area contributed by atoms with Gasteiger partial charge in [-0.1, -0.05) is 0 Å². The molecule has 1 heterocycles. The van der Waals surface area contributed by atoms with E-state index >= 15 is 0 Å². The lowest BCUT2D eigenvalue weighted by atomic mass is 10.1. The van der Waals surface area contributed by atoms with Crippen LogP contribution in [0.5, 0.6) is 0 Å². The number of carbonyl (C=O) groups excluding carboxylic acids is 3. The molecule has 2 rings (SSSR count). The van der Waals surface area contributed by atoms with E-state index in [-0.39, 0.29) is 36.6 Å².